The number of anilines is 1. The Bertz CT molecular complexity index is 727. The van der Waals surface area contributed by atoms with Crippen LogP contribution in [-0.2, 0) is 6.42 Å². The quantitative estimate of drug-likeness (QED) is 0.862. The van der Waals surface area contributed by atoms with Crippen molar-refractivity contribution in [2.45, 2.75) is 12.8 Å². The largest absolute Gasteiger partial charge is 0.857 e. The van der Waals surface area contributed by atoms with Crippen molar-refractivity contribution in [3.63, 3.8) is 0 Å². The van der Waals surface area contributed by atoms with E-state index in [1.54, 1.807) is 12.1 Å². The number of para-hydroxylation sites is 1. The third kappa shape index (κ3) is 1.90. The predicted octanol–water partition coefficient (Wildman–Crippen LogP) is 1.54. The van der Waals surface area contributed by atoms with E-state index in [2.05, 4.69) is 11.6 Å². The van der Waals surface area contributed by atoms with Crippen LogP contribution in [0.4, 0.5) is 15.8 Å². The van der Waals surface area contributed by atoms with Crippen LogP contribution in [0, 0.1) is 5.82 Å². The Labute approximate surface area is 121 Å². The number of rotatable bonds is 1. The van der Waals surface area contributed by atoms with Crippen LogP contribution in [0.3, 0.4) is 0 Å². The SMILES string of the molecule is [O-]C1=C2CCc3ccccc3[NH+]2[N-]N1c1ccc(F)cc1. The monoisotopic (exact) mass is 282 g/mol. The standard InChI is InChI=1S/C16H14FN3O/c17-12-6-8-13(9-7-12)19-16(21)15-10-5-11-3-1-2-4-14(11)20(15)18-19/h1-4,6-9,20-21H,5,10H2/p-1. The Kier molecular flexibility index (Phi) is 2.70. The fourth-order valence-corrected chi connectivity index (χ4v) is 2.86. The lowest BCUT2D eigenvalue weighted by Crippen LogP contribution is -3.01. The summed E-state index contributed by atoms with van der Waals surface area (Å²) in [5.74, 6) is -0.431. The van der Waals surface area contributed by atoms with Crippen LogP contribution >= 0.6 is 0 Å². The molecule has 1 unspecified atom stereocenters. The van der Waals surface area contributed by atoms with Gasteiger partial charge < -0.3 is 20.7 Å². The average Bonchev–Trinajstić information content (AvgIpc) is 2.86. The van der Waals surface area contributed by atoms with Gasteiger partial charge in [0.25, 0.3) is 0 Å². The number of benzene rings is 2. The number of hydrogen-bond donors (Lipinski definition) is 1. The molecule has 0 aromatic heterocycles. The molecule has 2 aromatic rings. The van der Waals surface area contributed by atoms with Crippen LogP contribution < -0.4 is 15.1 Å². The number of hydrogen-bond acceptors (Lipinski definition) is 2. The minimum absolute atomic E-state index is 0.105. The first-order valence-corrected chi connectivity index (χ1v) is 6.87. The number of allylic oxidation sites excluding steroid dienone is 1. The van der Waals surface area contributed by atoms with E-state index in [1.807, 2.05) is 18.2 Å². The van der Waals surface area contributed by atoms with Gasteiger partial charge in [-0.3, -0.25) is 0 Å². The highest BCUT2D eigenvalue weighted by molar-refractivity contribution is 5.56. The summed E-state index contributed by atoms with van der Waals surface area (Å²) in [4.78, 5) is 0. The first-order chi connectivity index (χ1) is 10.2. The molecule has 0 saturated heterocycles. The molecule has 2 aliphatic heterocycles. The first kappa shape index (κ1) is 12.4. The Balaban J connectivity index is 1.74. The van der Waals surface area contributed by atoms with Gasteiger partial charge >= 0.3 is 0 Å². The molecule has 4 rings (SSSR count). The highest BCUT2D eigenvalue weighted by Gasteiger charge is 2.28. The zero-order valence-corrected chi connectivity index (χ0v) is 11.2. The highest BCUT2D eigenvalue weighted by Crippen LogP contribution is 2.30. The summed E-state index contributed by atoms with van der Waals surface area (Å²) in [7, 11) is 0. The van der Waals surface area contributed by atoms with Gasteiger partial charge in [-0.15, -0.1) is 0 Å². The van der Waals surface area contributed by atoms with Crippen LogP contribution in [0.5, 0.6) is 0 Å². The smallest absolute Gasteiger partial charge is 0.130 e. The lowest BCUT2D eigenvalue weighted by atomic mass is 10.0. The van der Waals surface area contributed by atoms with Crippen molar-refractivity contribution < 1.29 is 14.5 Å². The van der Waals surface area contributed by atoms with E-state index in [9.17, 15) is 9.50 Å². The van der Waals surface area contributed by atoms with Crippen LogP contribution in [-0.4, -0.2) is 0 Å². The van der Waals surface area contributed by atoms with Gasteiger partial charge in [-0.25, -0.2) is 4.39 Å². The predicted molar refractivity (Wildman–Crippen MR) is 74.6 cm³/mol. The van der Waals surface area contributed by atoms with E-state index in [0.29, 0.717) is 12.1 Å². The summed E-state index contributed by atoms with van der Waals surface area (Å²) in [5.41, 5.74) is 8.05. The molecule has 0 amide bonds. The molecular weight excluding hydrogens is 269 g/mol. The minimum Gasteiger partial charge on any atom is -0.857 e. The molecule has 0 fully saturated rings. The third-order valence-corrected chi connectivity index (χ3v) is 3.92. The molecule has 1 atom stereocenters. The number of quaternary nitrogens is 1. The third-order valence-electron chi connectivity index (χ3n) is 3.92. The van der Waals surface area contributed by atoms with Crippen LogP contribution in [0.15, 0.2) is 60.1 Å². The van der Waals surface area contributed by atoms with Crippen molar-refractivity contribution >= 4 is 11.4 Å². The fraction of sp³-hybridized carbons (Fsp3) is 0.125. The molecule has 0 aliphatic carbocycles. The molecule has 0 spiro atoms. The Morgan fingerprint density at radius 3 is 2.62 bits per heavy atom. The molecule has 1 N–H and O–H groups in total. The molecular formula is C16H13FN3O-. The number of fused-ring (bicyclic) bond motifs is 3. The number of nitrogens with zero attached hydrogens (tertiary/aromatic N) is 2. The molecule has 4 nitrogen and oxygen atoms in total. The van der Waals surface area contributed by atoms with Crippen molar-refractivity contribution in [3.05, 3.63) is 77.0 Å². The summed E-state index contributed by atoms with van der Waals surface area (Å²) in [6.07, 6.45) is 1.56. The van der Waals surface area contributed by atoms with E-state index >= 15 is 0 Å². The van der Waals surface area contributed by atoms with E-state index in [1.165, 1.54) is 22.7 Å². The lowest BCUT2D eigenvalue weighted by Gasteiger charge is -2.37. The summed E-state index contributed by atoms with van der Waals surface area (Å²) in [5, 5.41) is 14.6. The van der Waals surface area contributed by atoms with Crippen LogP contribution in [0.2, 0.25) is 0 Å². The molecule has 0 radical (unpaired) electrons. The second kappa shape index (κ2) is 4.58. The molecule has 0 bridgehead atoms. The van der Waals surface area contributed by atoms with Crippen LogP contribution in [0.25, 0.3) is 5.53 Å². The van der Waals surface area contributed by atoms with E-state index in [0.717, 1.165) is 22.8 Å². The fourth-order valence-electron chi connectivity index (χ4n) is 2.86. The molecule has 0 saturated carbocycles. The van der Waals surface area contributed by atoms with Crippen molar-refractivity contribution in [2.75, 3.05) is 5.01 Å². The molecule has 2 heterocycles. The Morgan fingerprint density at radius 1 is 1.05 bits per heavy atom. The Morgan fingerprint density at radius 2 is 1.81 bits per heavy atom. The average molecular weight is 282 g/mol. The molecule has 106 valence electrons. The second-order valence-corrected chi connectivity index (χ2v) is 5.18. The van der Waals surface area contributed by atoms with Crippen molar-refractivity contribution in [1.29, 1.82) is 0 Å². The van der Waals surface area contributed by atoms with Gasteiger partial charge in [0, 0.05) is 23.6 Å². The first-order valence-electron chi connectivity index (χ1n) is 6.87. The van der Waals surface area contributed by atoms with E-state index in [-0.39, 0.29) is 11.7 Å². The van der Waals surface area contributed by atoms with Crippen molar-refractivity contribution in [2.24, 2.45) is 0 Å². The zero-order chi connectivity index (χ0) is 14.4. The molecule has 2 aromatic carbocycles. The van der Waals surface area contributed by atoms with E-state index < -0.39 is 0 Å². The molecule has 21 heavy (non-hydrogen) atoms. The number of nitrogens with one attached hydrogen (secondary N) is 1. The Hall–Kier alpha value is -2.37. The van der Waals surface area contributed by atoms with Gasteiger partial charge in [-0.2, -0.15) is 0 Å². The summed E-state index contributed by atoms with van der Waals surface area (Å²) in [6, 6.07) is 13.8. The van der Waals surface area contributed by atoms with E-state index in [4.69, 9.17) is 0 Å². The molecule has 5 heteroatoms. The van der Waals surface area contributed by atoms with Gasteiger partial charge in [-0.1, -0.05) is 18.2 Å². The molecule has 2 aliphatic rings. The van der Waals surface area contributed by atoms with Crippen molar-refractivity contribution in [1.82, 2.24) is 0 Å². The maximum atomic E-state index is 13.0. The number of halogens is 1. The maximum absolute atomic E-state index is 13.0. The minimum atomic E-state index is -0.325. The highest BCUT2D eigenvalue weighted by atomic mass is 19.1. The van der Waals surface area contributed by atoms with Crippen LogP contribution in [0.1, 0.15) is 12.0 Å². The normalized spacial score (nSPS) is 20.4. The summed E-state index contributed by atoms with van der Waals surface area (Å²) < 4.78 is 13.0. The van der Waals surface area contributed by atoms with Gasteiger partial charge in [0.05, 0.1) is 0 Å². The van der Waals surface area contributed by atoms with Crippen molar-refractivity contribution in [3.8, 4) is 0 Å². The number of aryl methyl sites for hydroxylation is 1. The topological polar surface area (TPSA) is 44.8 Å². The van der Waals surface area contributed by atoms with Gasteiger partial charge in [0.2, 0.25) is 0 Å². The summed E-state index contributed by atoms with van der Waals surface area (Å²) >= 11 is 0. The zero-order valence-electron chi connectivity index (χ0n) is 11.2. The van der Waals surface area contributed by atoms with Gasteiger partial charge in [0.15, 0.2) is 0 Å². The van der Waals surface area contributed by atoms with Gasteiger partial charge in [0.1, 0.15) is 17.2 Å². The van der Waals surface area contributed by atoms with Gasteiger partial charge in [-0.05, 0) is 36.8 Å². The second-order valence-electron chi connectivity index (χ2n) is 5.18. The summed E-state index contributed by atoms with van der Waals surface area (Å²) in [6.45, 7) is 0. The maximum Gasteiger partial charge on any atom is 0.130 e. The lowest BCUT2D eigenvalue weighted by molar-refractivity contribution is -0.748.